The van der Waals surface area contributed by atoms with Crippen LogP contribution < -0.4 is 11.1 Å². The van der Waals surface area contributed by atoms with Gasteiger partial charge in [0.1, 0.15) is 0 Å². The van der Waals surface area contributed by atoms with E-state index in [4.69, 9.17) is 5.73 Å². The zero-order chi connectivity index (χ0) is 18.1. The van der Waals surface area contributed by atoms with Gasteiger partial charge in [0.05, 0.1) is 22.3 Å². The predicted molar refractivity (Wildman–Crippen MR) is 105 cm³/mol. The standard InChI is InChI=1S/C18H25N5OS2/c1-2-23-14-3-4-15(23)18(8-14,7-13-9-25-11-21-13)16(24)20-6-5-12-10-26-17(19)22-12/h9-11,14-15H,2-8H2,1H3,(H2,19,22)(H,20,24)/t14-,15+,18+/m1/s1. The van der Waals surface area contributed by atoms with Gasteiger partial charge in [-0.15, -0.1) is 22.7 Å². The van der Waals surface area contributed by atoms with Gasteiger partial charge in [-0.2, -0.15) is 0 Å². The molecule has 3 N–H and O–H groups in total. The van der Waals surface area contributed by atoms with Crippen LogP contribution >= 0.6 is 22.7 Å². The van der Waals surface area contributed by atoms with Crippen molar-refractivity contribution < 1.29 is 4.79 Å². The molecule has 2 bridgehead atoms. The molecular formula is C18H25N5OS2. The van der Waals surface area contributed by atoms with Crippen molar-refractivity contribution in [3.05, 3.63) is 27.7 Å². The number of carbonyl (C=O) groups excluding carboxylic acids is 1. The first-order valence-electron chi connectivity index (χ1n) is 9.23. The first-order chi connectivity index (χ1) is 12.6. The van der Waals surface area contributed by atoms with Crippen LogP contribution in [0, 0.1) is 5.41 Å². The van der Waals surface area contributed by atoms with Crippen molar-refractivity contribution in [1.82, 2.24) is 20.2 Å². The van der Waals surface area contributed by atoms with Crippen molar-refractivity contribution in [2.45, 2.75) is 51.1 Å². The van der Waals surface area contributed by atoms with Crippen LogP contribution in [-0.2, 0) is 17.6 Å². The van der Waals surface area contributed by atoms with Crippen LogP contribution in [0.25, 0.3) is 0 Å². The number of nitrogen functional groups attached to an aromatic ring is 1. The summed E-state index contributed by atoms with van der Waals surface area (Å²) >= 11 is 3.05. The van der Waals surface area contributed by atoms with Crippen LogP contribution in [0.1, 0.15) is 37.6 Å². The Morgan fingerprint density at radius 3 is 2.96 bits per heavy atom. The summed E-state index contributed by atoms with van der Waals surface area (Å²) in [6, 6.07) is 0.863. The molecule has 0 unspecified atom stereocenters. The molecular weight excluding hydrogens is 366 g/mol. The summed E-state index contributed by atoms with van der Waals surface area (Å²) in [7, 11) is 0. The SMILES string of the molecule is CCN1[C@@H]2CC[C@H]1[C@@](Cc1cscn1)(C(=O)NCCc1csc(N)n1)C2. The van der Waals surface area contributed by atoms with E-state index in [-0.39, 0.29) is 11.3 Å². The molecule has 0 spiro atoms. The van der Waals surface area contributed by atoms with Gasteiger partial charge >= 0.3 is 0 Å². The van der Waals surface area contributed by atoms with Crippen LogP contribution in [0.4, 0.5) is 5.13 Å². The minimum absolute atomic E-state index is 0.180. The second kappa shape index (κ2) is 7.25. The quantitative estimate of drug-likeness (QED) is 0.757. The molecule has 140 valence electrons. The number of anilines is 1. The van der Waals surface area contributed by atoms with Crippen LogP contribution in [-0.4, -0.2) is 45.9 Å². The molecule has 0 saturated carbocycles. The van der Waals surface area contributed by atoms with E-state index in [0.29, 0.717) is 23.8 Å². The van der Waals surface area contributed by atoms with Gasteiger partial charge in [0.15, 0.2) is 5.13 Å². The number of amides is 1. The molecule has 0 aliphatic carbocycles. The highest BCUT2D eigenvalue weighted by atomic mass is 32.1. The molecule has 26 heavy (non-hydrogen) atoms. The number of nitrogens with two attached hydrogens (primary N) is 1. The Morgan fingerprint density at radius 2 is 2.31 bits per heavy atom. The smallest absolute Gasteiger partial charge is 0.228 e. The fourth-order valence-corrected chi connectivity index (χ4v) is 6.02. The van der Waals surface area contributed by atoms with Crippen LogP contribution in [0.2, 0.25) is 0 Å². The Morgan fingerprint density at radius 1 is 1.42 bits per heavy atom. The lowest BCUT2D eigenvalue weighted by Gasteiger charge is -2.36. The average molecular weight is 392 g/mol. The number of fused-ring (bicyclic) bond motifs is 2. The van der Waals surface area contributed by atoms with Crippen molar-refractivity contribution in [2.24, 2.45) is 5.41 Å². The monoisotopic (exact) mass is 391 g/mol. The Kier molecular flexibility index (Phi) is 4.98. The fourth-order valence-electron chi connectivity index (χ4n) is 4.86. The van der Waals surface area contributed by atoms with Gasteiger partial charge in [-0.1, -0.05) is 6.92 Å². The van der Waals surface area contributed by atoms with Crippen molar-refractivity contribution in [2.75, 3.05) is 18.8 Å². The van der Waals surface area contributed by atoms with Gasteiger partial charge in [0.25, 0.3) is 0 Å². The largest absolute Gasteiger partial charge is 0.375 e. The summed E-state index contributed by atoms with van der Waals surface area (Å²) in [5, 5.41) is 7.82. The summed E-state index contributed by atoms with van der Waals surface area (Å²) in [4.78, 5) is 24.6. The minimum atomic E-state index is -0.353. The summed E-state index contributed by atoms with van der Waals surface area (Å²) in [5.41, 5.74) is 9.18. The van der Waals surface area contributed by atoms with Crippen molar-refractivity contribution >= 4 is 33.7 Å². The average Bonchev–Trinajstić information content (AvgIpc) is 3.39. The van der Waals surface area contributed by atoms with E-state index in [1.54, 1.807) is 11.3 Å². The highest BCUT2D eigenvalue weighted by Crippen LogP contribution is 2.51. The van der Waals surface area contributed by atoms with Gasteiger partial charge in [-0.25, -0.2) is 9.97 Å². The number of hydrogen-bond donors (Lipinski definition) is 2. The molecule has 4 heterocycles. The maximum atomic E-state index is 13.3. The van der Waals surface area contributed by atoms with E-state index in [2.05, 4.69) is 32.5 Å². The number of rotatable bonds is 7. The van der Waals surface area contributed by atoms with E-state index >= 15 is 0 Å². The highest BCUT2D eigenvalue weighted by Gasteiger charge is 2.59. The fraction of sp³-hybridized carbons (Fsp3) is 0.611. The molecule has 0 radical (unpaired) electrons. The van der Waals surface area contributed by atoms with Crippen LogP contribution in [0.15, 0.2) is 16.3 Å². The zero-order valence-electron chi connectivity index (χ0n) is 15.0. The van der Waals surface area contributed by atoms with E-state index in [9.17, 15) is 4.79 Å². The molecule has 2 fully saturated rings. The molecule has 6 nitrogen and oxygen atoms in total. The highest BCUT2D eigenvalue weighted by molar-refractivity contribution is 7.13. The lowest BCUT2D eigenvalue weighted by molar-refractivity contribution is -0.132. The van der Waals surface area contributed by atoms with Crippen molar-refractivity contribution in [1.29, 1.82) is 0 Å². The second-order valence-corrected chi connectivity index (χ2v) is 8.89. The number of thiazole rings is 2. The number of nitrogens with zero attached hydrogens (tertiary/aromatic N) is 3. The topological polar surface area (TPSA) is 84.1 Å². The number of nitrogens with one attached hydrogen (secondary N) is 1. The molecule has 2 saturated heterocycles. The summed E-state index contributed by atoms with van der Waals surface area (Å²) < 4.78 is 0. The van der Waals surface area contributed by atoms with Gasteiger partial charge < -0.3 is 11.1 Å². The second-order valence-electron chi connectivity index (χ2n) is 7.28. The van der Waals surface area contributed by atoms with Gasteiger partial charge in [-0.05, 0) is 25.8 Å². The third-order valence-electron chi connectivity index (χ3n) is 5.91. The summed E-state index contributed by atoms with van der Waals surface area (Å²) in [5.74, 6) is 0.180. The number of hydrogen-bond acceptors (Lipinski definition) is 7. The third-order valence-corrected chi connectivity index (χ3v) is 7.27. The van der Waals surface area contributed by atoms with Crippen LogP contribution in [0.3, 0.4) is 0 Å². The summed E-state index contributed by atoms with van der Waals surface area (Å²) in [6.07, 6.45) is 4.72. The van der Waals surface area contributed by atoms with Crippen molar-refractivity contribution in [3.8, 4) is 0 Å². The molecule has 2 aliphatic heterocycles. The first-order valence-corrected chi connectivity index (χ1v) is 11.1. The molecule has 8 heteroatoms. The lowest BCUT2D eigenvalue weighted by atomic mass is 9.70. The Labute approximate surface area is 161 Å². The molecule has 1 amide bonds. The van der Waals surface area contributed by atoms with E-state index in [1.807, 2.05) is 10.9 Å². The molecule has 2 aromatic rings. The predicted octanol–water partition coefficient (Wildman–Crippen LogP) is 2.33. The number of carbonyl (C=O) groups is 1. The van der Waals surface area contributed by atoms with Gasteiger partial charge in [0.2, 0.25) is 5.91 Å². The van der Waals surface area contributed by atoms with Gasteiger partial charge in [-0.3, -0.25) is 9.69 Å². The first kappa shape index (κ1) is 17.9. The molecule has 2 aliphatic rings. The summed E-state index contributed by atoms with van der Waals surface area (Å²) in [6.45, 7) is 3.82. The van der Waals surface area contributed by atoms with E-state index in [1.165, 1.54) is 17.8 Å². The molecule has 2 aromatic heterocycles. The Balaban J connectivity index is 1.48. The van der Waals surface area contributed by atoms with Gasteiger partial charge in [0, 0.05) is 42.2 Å². The maximum absolute atomic E-state index is 13.3. The van der Waals surface area contributed by atoms with E-state index < -0.39 is 0 Å². The third kappa shape index (κ3) is 3.14. The lowest BCUT2D eigenvalue weighted by Crippen LogP contribution is -2.51. The molecule has 0 aromatic carbocycles. The number of aromatic nitrogens is 2. The maximum Gasteiger partial charge on any atom is 0.228 e. The molecule has 4 rings (SSSR count). The Bertz CT molecular complexity index is 761. The zero-order valence-corrected chi connectivity index (χ0v) is 16.6. The van der Waals surface area contributed by atoms with Crippen molar-refractivity contribution in [3.63, 3.8) is 0 Å². The van der Waals surface area contributed by atoms with Crippen LogP contribution in [0.5, 0.6) is 0 Å². The van der Waals surface area contributed by atoms with E-state index in [0.717, 1.165) is 43.6 Å². The normalized spacial score (nSPS) is 27.9. The molecule has 3 atom stereocenters. The minimum Gasteiger partial charge on any atom is -0.375 e. The Hall–Kier alpha value is -1.51.